The normalized spacial score (nSPS) is 11.8. The lowest BCUT2D eigenvalue weighted by molar-refractivity contribution is -0.123. The molecule has 5 nitrogen and oxygen atoms in total. The molecule has 0 heterocycles. The van der Waals surface area contributed by atoms with Gasteiger partial charge in [-0.3, -0.25) is 4.79 Å². The molecule has 5 heteroatoms. The summed E-state index contributed by atoms with van der Waals surface area (Å²) in [6.07, 6.45) is -0.851. The number of aryl methyl sites for hydroxylation is 2. The minimum Gasteiger partial charge on any atom is -0.491 e. The summed E-state index contributed by atoms with van der Waals surface area (Å²) in [5, 5.41) is 2.80. The first-order chi connectivity index (χ1) is 12.3. The van der Waals surface area contributed by atoms with Crippen molar-refractivity contribution < 1.29 is 19.1 Å². The summed E-state index contributed by atoms with van der Waals surface area (Å²) in [5.74, 6) is -0.242. The molecule has 26 heavy (non-hydrogen) atoms. The van der Waals surface area contributed by atoms with Crippen molar-refractivity contribution in [2.45, 2.75) is 46.8 Å². The zero-order valence-electron chi connectivity index (χ0n) is 15.8. The fourth-order valence-corrected chi connectivity index (χ4v) is 2.33. The maximum absolute atomic E-state index is 12.3. The summed E-state index contributed by atoms with van der Waals surface area (Å²) in [6.45, 7) is 9.27. The van der Waals surface area contributed by atoms with Crippen molar-refractivity contribution in [2.24, 2.45) is 0 Å². The van der Waals surface area contributed by atoms with Gasteiger partial charge in [0, 0.05) is 5.69 Å². The third-order valence-electron chi connectivity index (χ3n) is 3.77. The third-order valence-corrected chi connectivity index (χ3v) is 3.77. The lowest BCUT2D eigenvalue weighted by Gasteiger charge is -2.15. The molecule has 2 rings (SSSR count). The maximum atomic E-state index is 12.3. The van der Waals surface area contributed by atoms with Crippen LogP contribution in [0.4, 0.5) is 5.69 Å². The summed E-state index contributed by atoms with van der Waals surface area (Å²) in [4.78, 5) is 24.5. The Kier molecular flexibility index (Phi) is 6.39. The van der Waals surface area contributed by atoms with E-state index in [4.69, 9.17) is 9.47 Å². The van der Waals surface area contributed by atoms with E-state index in [0.717, 1.165) is 11.1 Å². The molecule has 0 aliphatic heterocycles. The van der Waals surface area contributed by atoms with E-state index in [2.05, 4.69) is 5.32 Å². The molecule has 0 saturated heterocycles. The predicted octanol–water partition coefficient (Wildman–Crippen LogP) is 4.27. The Labute approximate surface area is 154 Å². The van der Waals surface area contributed by atoms with Gasteiger partial charge in [-0.05, 0) is 76.1 Å². The zero-order chi connectivity index (χ0) is 19.3. The number of amides is 1. The first-order valence-electron chi connectivity index (χ1n) is 8.62. The van der Waals surface area contributed by atoms with Crippen molar-refractivity contribution in [1.82, 2.24) is 0 Å². The van der Waals surface area contributed by atoms with Crippen LogP contribution < -0.4 is 10.1 Å². The molecular weight excluding hydrogens is 330 g/mol. The monoisotopic (exact) mass is 355 g/mol. The number of carbonyl (C=O) groups excluding carboxylic acids is 2. The molecule has 0 bridgehead atoms. The van der Waals surface area contributed by atoms with Crippen molar-refractivity contribution in [3.63, 3.8) is 0 Å². The third kappa shape index (κ3) is 5.34. The van der Waals surface area contributed by atoms with Crippen molar-refractivity contribution in [2.75, 3.05) is 5.32 Å². The average Bonchev–Trinajstić information content (AvgIpc) is 2.58. The van der Waals surface area contributed by atoms with Gasteiger partial charge in [0.2, 0.25) is 0 Å². The molecule has 138 valence electrons. The molecule has 1 amide bonds. The highest BCUT2D eigenvalue weighted by molar-refractivity contribution is 5.97. The van der Waals surface area contributed by atoms with Crippen LogP contribution in [-0.2, 0) is 9.53 Å². The highest BCUT2D eigenvalue weighted by atomic mass is 16.5. The van der Waals surface area contributed by atoms with Gasteiger partial charge in [-0.15, -0.1) is 0 Å². The largest absolute Gasteiger partial charge is 0.491 e. The van der Waals surface area contributed by atoms with E-state index in [-0.39, 0.29) is 12.0 Å². The molecule has 0 aliphatic rings. The van der Waals surface area contributed by atoms with Crippen LogP contribution in [0.1, 0.15) is 42.3 Å². The van der Waals surface area contributed by atoms with Crippen LogP contribution in [0.2, 0.25) is 0 Å². The Morgan fingerprint density at radius 2 is 1.62 bits per heavy atom. The standard InChI is InChI=1S/C21H25NO4/c1-13(2)25-18-10-8-17(9-11-18)21(24)26-16(5)20(23)22-19-12-14(3)6-7-15(19)4/h6-13,16H,1-5H3,(H,22,23)/t16-/m0/s1. The minimum atomic E-state index is -0.908. The topological polar surface area (TPSA) is 64.6 Å². The Bertz CT molecular complexity index is 781. The van der Waals surface area contributed by atoms with Crippen LogP contribution in [0.15, 0.2) is 42.5 Å². The van der Waals surface area contributed by atoms with Crippen LogP contribution in [0, 0.1) is 13.8 Å². The van der Waals surface area contributed by atoms with Gasteiger partial charge in [0.1, 0.15) is 5.75 Å². The van der Waals surface area contributed by atoms with E-state index >= 15 is 0 Å². The Balaban J connectivity index is 1.97. The molecule has 2 aromatic carbocycles. The summed E-state index contributed by atoms with van der Waals surface area (Å²) < 4.78 is 10.8. The average molecular weight is 355 g/mol. The van der Waals surface area contributed by atoms with Crippen LogP contribution in [0.3, 0.4) is 0 Å². The van der Waals surface area contributed by atoms with Crippen LogP contribution >= 0.6 is 0 Å². The van der Waals surface area contributed by atoms with Gasteiger partial charge in [0.15, 0.2) is 6.10 Å². The lowest BCUT2D eigenvalue weighted by atomic mass is 10.1. The van der Waals surface area contributed by atoms with Gasteiger partial charge in [0.05, 0.1) is 11.7 Å². The Morgan fingerprint density at radius 1 is 0.962 bits per heavy atom. The molecular formula is C21H25NO4. The van der Waals surface area contributed by atoms with Gasteiger partial charge < -0.3 is 14.8 Å². The number of hydrogen-bond donors (Lipinski definition) is 1. The fraction of sp³-hybridized carbons (Fsp3) is 0.333. The van der Waals surface area contributed by atoms with Gasteiger partial charge in [-0.2, -0.15) is 0 Å². The number of rotatable bonds is 6. The smallest absolute Gasteiger partial charge is 0.338 e. The van der Waals surface area contributed by atoms with E-state index < -0.39 is 12.1 Å². The molecule has 0 fully saturated rings. The molecule has 0 unspecified atom stereocenters. The summed E-state index contributed by atoms with van der Waals surface area (Å²) in [7, 11) is 0. The van der Waals surface area contributed by atoms with Crippen molar-refractivity contribution in [3.8, 4) is 5.75 Å². The van der Waals surface area contributed by atoms with E-state index in [1.54, 1.807) is 31.2 Å². The zero-order valence-corrected chi connectivity index (χ0v) is 15.8. The molecule has 1 N–H and O–H groups in total. The van der Waals surface area contributed by atoms with Gasteiger partial charge in [-0.25, -0.2) is 4.79 Å². The maximum Gasteiger partial charge on any atom is 0.338 e. The van der Waals surface area contributed by atoms with Gasteiger partial charge >= 0.3 is 5.97 Å². The molecule has 2 aromatic rings. The van der Waals surface area contributed by atoms with Crippen molar-refractivity contribution in [1.29, 1.82) is 0 Å². The van der Waals surface area contributed by atoms with Crippen LogP contribution in [-0.4, -0.2) is 24.1 Å². The highest BCUT2D eigenvalue weighted by Gasteiger charge is 2.19. The van der Waals surface area contributed by atoms with Crippen molar-refractivity contribution in [3.05, 3.63) is 59.2 Å². The molecule has 1 atom stereocenters. The first kappa shape index (κ1) is 19.5. The van der Waals surface area contributed by atoms with E-state index in [1.807, 2.05) is 45.9 Å². The number of carbonyl (C=O) groups is 2. The minimum absolute atomic E-state index is 0.0570. The first-order valence-corrected chi connectivity index (χ1v) is 8.62. The van der Waals surface area contributed by atoms with E-state index in [1.165, 1.54) is 0 Å². The number of nitrogens with one attached hydrogen (secondary N) is 1. The molecule has 0 saturated carbocycles. The molecule has 0 aliphatic carbocycles. The number of esters is 1. The Morgan fingerprint density at radius 3 is 2.23 bits per heavy atom. The predicted molar refractivity (Wildman–Crippen MR) is 102 cm³/mol. The second-order valence-electron chi connectivity index (χ2n) is 6.55. The second-order valence-corrected chi connectivity index (χ2v) is 6.55. The quantitative estimate of drug-likeness (QED) is 0.786. The highest BCUT2D eigenvalue weighted by Crippen LogP contribution is 2.18. The van der Waals surface area contributed by atoms with E-state index in [0.29, 0.717) is 17.0 Å². The number of ether oxygens (including phenoxy) is 2. The molecule has 0 spiro atoms. The molecule has 0 aromatic heterocycles. The second kappa shape index (κ2) is 8.52. The summed E-state index contributed by atoms with van der Waals surface area (Å²) >= 11 is 0. The summed E-state index contributed by atoms with van der Waals surface area (Å²) in [6, 6.07) is 12.4. The SMILES string of the molecule is Cc1ccc(C)c(NC(=O)[C@H](C)OC(=O)c2ccc(OC(C)C)cc2)c1. The molecule has 0 radical (unpaired) electrons. The van der Waals surface area contributed by atoms with Crippen LogP contribution in [0.5, 0.6) is 5.75 Å². The number of anilines is 1. The van der Waals surface area contributed by atoms with E-state index in [9.17, 15) is 9.59 Å². The van der Waals surface area contributed by atoms with Crippen LogP contribution in [0.25, 0.3) is 0 Å². The fourth-order valence-electron chi connectivity index (χ4n) is 2.33. The van der Waals surface area contributed by atoms with Crippen molar-refractivity contribution >= 4 is 17.6 Å². The Hall–Kier alpha value is -2.82. The number of benzene rings is 2. The van der Waals surface area contributed by atoms with Gasteiger partial charge in [0.25, 0.3) is 5.91 Å². The summed E-state index contributed by atoms with van der Waals surface area (Å²) in [5.41, 5.74) is 3.07. The lowest BCUT2D eigenvalue weighted by Crippen LogP contribution is -2.30. The number of hydrogen-bond acceptors (Lipinski definition) is 4. The van der Waals surface area contributed by atoms with Gasteiger partial charge in [-0.1, -0.05) is 12.1 Å².